The van der Waals surface area contributed by atoms with Gasteiger partial charge in [0, 0.05) is 10.4 Å². The van der Waals surface area contributed by atoms with E-state index in [-0.39, 0.29) is 22.0 Å². The molecule has 0 radical (unpaired) electrons. The Kier molecular flexibility index (Phi) is 8.93. The minimum atomic E-state index is -1.31. The van der Waals surface area contributed by atoms with Crippen LogP contribution in [0.25, 0.3) is 0 Å². The van der Waals surface area contributed by atoms with Crippen LogP contribution in [0.4, 0.5) is 10.1 Å². The normalized spacial score (nSPS) is 17.3. The zero-order valence-electron chi connectivity index (χ0n) is 18.4. The third-order valence-corrected chi connectivity index (χ3v) is 7.20. The van der Waals surface area contributed by atoms with Crippen LogP contribution < -0.4 is 15.4 Å². The summed E-state index contributed by atoms with van der Waals surface area (Å²) in [6.45, 7) is 0. The van der Waals surface area contributed by atoms with Crippen molar-refractivity contribution in [3.63, 3.8) is 0 Å². The first-order valence-electron chi connectivity index (χ1n) is 9.94. The molecule has 0 aromatic heterocycles. The lowest BCUT2D eigenvalue weighted by Gasteiger charge is -2.31. The number of carbonyl (C=O) groups is 3. The number of nitrogens with one attached hydrogen (secondary N) is 2. The van der Waals surface area contributed by atoms with Gasteiger partial charge in [-0.3, -0.25) is 14.4 Å². The van der Waals surface area contributed by atoms with Gasteiger partial charge in [0.2, 0.25) is 11.8 Å². The number of nitriles is 1. The van der Waals surface area contributed by atoms with Crippen molar-refractivity contribution in [1.29, 1.82) is 5.26 Å². The van der Waals surface area contributed by atoms with Gasteiger partial charge >= 0.3 is 5.97 Å². The van der Waals surface area contributed by atoms with E-state index in [0.29, 0.717) is 20.3 Å². The Morgan fingerprint density at radius 1 is 1.23 bits per heavy atom. The quantitative estimate of drug-likeness (QED) is 0.344. The first-order chi connectivity index (χ1) is 16.7. The van der Waals surface area contributed by atoms with E-state index in [4.69, 9.17) is 9.47 Å². The molecule has 3 rings (SSSR count). The fraction of sp³-hybridized carbons (Fsp3) is 0.217. The monoisotopic (exact) mass is 625 g/mol. The van der Waals surface area contributed by atoms with Crippen LogP contribution in [-0.2, 0) is 19.1 Å². The molecule has 0 fully saturated rings. The molecule has 0 saturated heterocycles. The van der Waals surface area contributed by atoms with Gasteiger partial charge in [0.15, 0.2) is 0 Å². The van der Waals surface area contributed by atoms with E-state index in [2.05, 4.69) is 48.6 Å². The number of halogens is 3. The Balaban J connectivity index is 1.92. The first kappa shape index (κ1) is 26.7. The van der Waals surface area contributed by atoms with Crippen molar-refractivity contribution >= 4 is 67.1 Å². The van der Waals surface area contributed by atoms with E-state index in [1.165, 1.54) is 19.2 Å². The molecule has 12 heteroatoms. The number of carbonyl (C=O) groups excluding carboxylic acids is 3. The molecule has 1 aliphatic heterocycles. The number of nitrogens with zero attached hydrogens (tertiary/aromatic N) is 1. The molecule has 2 N–H and O–H groups in total. The van der Waals surface area contributed by atoms with Crippen molar-refractivity contribution in [3.05, 3.63) is 67.3 Å². The minimum Gasteiger partial charge on any atom is -0.496 e. The first-order valence-corrected chi connectivity index (χ1v) is 12.5. The Morgan fingerprint density at radius 2 is 1.97 bits per heavy atom. The van der Waals surface area contributed by atoms with Crippen LogP contribution in [0.15, 0.2) is 55.9 Å². The Morgan fingerprint density at radius 3 is 2.57 bits per heavy atom. The van der Waals surface area contributed by atoms with E-state index < -0.39 is 35.4 Å². The summed E-state index contributed by atoms with van der Waals surface area (Å²) in [7, 11) is 2.65. The van der Waals surface area contributed by atoms with Crippen LogP contribution in [0.2, 0.25) is 0 Å². The van der Waals surface area contributed by atoms with Crippen LogP contribution >= 0.6 is 43.6 Å². The molecule has 2 atom stereocenters. The number of esters is 1. The number of thioether (sulfide) groups is 1. The predicted molar refractivity (Wildman–Crippen MR) is 135 cm³/mol. The van der Waals surface area contributed by atoms with E-state index in [9.17, 15) is 24.0 Å². The molecule has 1 aliphatic rings. The van der Waals surface area contributed by atoms with E-state index in [1.807, 2.05) is 0 Å². The number of ether oxygens (including phenoxy) is 2. The number of benzene rings is 2. The van der Waals surface area contributed by atoms with E-state index in [1.54, 1.807) is 24.3 Å². The SMILES string of the molecule is COC(=O)[C@@H]1C(=O)NC(SCC(=O)Nc2ccc(Br)cc2F)=C(C#N)[C@@H]1c1ccc(OC)c(Br)c1. The van der Waals surface area contributed by atoms with Crippen molar-refractivity contribution in [2.24, 2.45) is 5.92 Å². The Labute approximate surface area is 221 Å². The molecule has 2 aromatic carbocycles. The third kappa shape index (κ3) is 6.04. The van der Waals surface area contributed by atoms with Crippen molar-refractivity contribution in [1.82, 2.24) is 5.32 Å². The molecule has 182 valence electrons. The van der Waals surface area contributed by atoms with Gasteiger partial charge in [-0.05, 0) is 51.8 Å². The topological polar surface area (TPSA) is 118 Å². The Bertz CT molecular complexity index is 1260. The van der Waals surface area contributed by atoms with Crippen LogP contribution in [0.5, 0.6) is 5.75 Å². The highest BCUT2D eigenvalue weighted by Gasteiger charge is 2.44. The van der Waals surface area contributed by atoms with E-state index in [0.717, 1.165) is 18.9 Å². The summed E-state index contributed by atoms with van der Waals surface area (Å²) >= 11 is 7.42. The summed E-state index contributed by atoms with van der Waals surface area (Å²) in [6, 6.07) is 11.2. The molecule has 0 unspecified atom stereocenters. The lowest BCUT2D eigenvalue weighted by atomic mass is 9.78. The number of hydrogen-bond acceptors (Lipinski definition) is 7. The summed E-state index contributed by atoms with van der Waals surface area (Å²) in [6.07, 6.45) is 0. The number of rotatable bonds is 7. The average Bonchev–Trinajstić information content (AvgIpc) is 2.83. The summed E-state index contributed by atoms with van der Waals surface area (Å²) in [4.78, 5) is 37.8. The molecular weight excluding hydrogens is 609 g/mol. The maximum atomic E-state index is 14.0. The number of allylic oxidation sites excluding steroid dienone is 1. The fourth-order valence-corrected chi connectivity index (χ4v) is 5.21. The number of hydrogen-bond donors (Lipinski definition) is 2. The molecule has 0 bridgehead atoms. The molecule has 0 aliphatic carbocycles. The minimum absolute atomic E-state index is 0.00678. The maximum Gasteiger partial charge on any atom is 0.319 e. The largest absolute Gasteiger partial charge is 0.496 e. The van der Waals surface area contributed by atoms with Crippen LogP contribution in [0, 0.1) is 23.1 Å². The summed E-state index contributed by atoms with van der Waals surface area (Å²) in [5.74, 6) is -4.62. The molecular formula is C23H18Br2FN3O5S. The van der Waals surface area contributed by atoms with Gasteiger partial charge in [-0.15, -0.1) is 0 Å². The highest BCUT2D eigenvalue weighted by molar-refractivity contribution is 9.10. The van der Waals surface area contributed by atoms with Crippen molar-refractivity contribution < 1.29 is 28.2 Å². The highest BCUT2D eigenvalue weighted by Crippen LogP contribution is 2.42. The third-order valence-electron chi connectivity index (χ3n) is 5.07. The van der Waals surface area contributed by atoms with Gasteiger partial charge < -0.3 is 20.1 Å². The molecule has 2 amide bonds. The maximum absolute atomic E-state index is 14.0. The lowest BCUT2D eigenvalue weighted by Crippen LogP contribution is -2.44. The highest BCUT2D eigenvalue weighted by atomic mass is 79.9. The van der Waals surface area contributed by atoms with Crippen LogP contribution in [0.1, 0.15) is 11.5 Å². The van der Waals surface area contributed by atoms with Crippen molar-refractivity contribution in [2.45, 2.75) is 5.92 Å². The molecule has 35 heavy (non-hydrogen) atoms. The second-order valence-corrected chi connectivity index (χ2v) is 9.93. The number of methoxy groups -OCH3 is 2. The average molecular weight is 627 g/mol. The van der Waals surface area contributed by atoms with Gasteiger partial charge in [-0.1, -0.05) is 33.8 Å². The van der Waals surface area contributed by atoms with Gasteiger partial charge in [-0.25, -0.2) is 4.39 Å². The predicted octanol–water partition coefficient (Wildman–Crippen LogP) is 4.47. The van der Waals surface area contributed by atoms with Gasteiger partial charge in [0.05, 0.1) is 46.8 Å². The lowest BCUT2D eigenvalue weighted by molar-refractivity contribution is -0.150. The second kappa shape index (κ2) is 11.7. The zero-order valence-corrected chi connectivity index (χ0v) is 22.3. The summed E-state index contributed by atoms with van der Waals surface area (Å²) in [5, 5.41) is 15.1. The fourth-order valence-electron chi connectivity index (χ4n) is 3.47. The smallest absolute Gasteiger partial charge is 0.319 e. The Hall–Kier alpha value is -2.88. The molecule has 0 saturated carbocycles. The molecule has 2 aromatic rings. The zero-order chi connectivity index (χ0) is 25.7. The van der Waals surface area contributed by atoms with Crippen molar-refractivity contribution in [2.75, 3.05) is 25.3 Å². The number of amides is 2. The van der Waals surface area contributed by atoms with Crippen LogP contribution in [-0.4, -0.2) is 37.8 Å². The van der Waals surface area contributed by atoms with Crippen LogP contribution in [0.3, 0.4) is 0 Å². The molecule has 1 heterocycles. The van der Waals surface area contributed by atoms with Gasteiger partial charge in [0.25, 0.3) is 0 Å². The van der Waals surface area contributed by atoms with Gasteiger partial charge in [0.1, 0.15) is 17.5 Å². The van der Waals surface area contributed by atoms with E-state index >= 15 is 0 Å². The summed E-state index contributed by atoms with van der Waals surface area (Å²) < 4.78 is 25.2. The number of anilines is 1. The molecule has 8 nitrogen and oxygen atoms in total. The summed E-state index contributed by atoms with van der Waals surface area (Å²) in [5.41, 5.74) is 0.580. The van der Waals surface area contributed by atoms with Gasteiger partial charge in [-0.2, -0.15) is 5.26 Å². The molecule has 0 spiro atoms. The second-order valence-electron chi connectivity index (χ2n) is 7.18. The standard InChI is InChI=1S/C23H18Br2FN3O5S/c1-33-17-6-3-11(7-14(17)25)19-13(9-27)22(29-21(31)20(19)23(32)34-2)35-10-18(30)28-16-5-4-12(24)8-15(16)26/h3-8,19-20H,10H2,1-2H3,(H,28,30)(H,29,31)/t19-,20-/m0/s1. The van der Waals surface area contributed by atoms with Crippen molar-refractivity contribution in [3.8, 4) is 11.8 Å².